The first kappa shape index (κ1) is 36.9. The van der Waals surface area contributed by atoms with E-state index in [1.54, 1.807) is 7.05 Å². The zero-order valence-corrected chi connectivity index (χ0v) is 26.3. The second-order valence-corrected chi connectivity index (χ2v) is 10.9. The number of fused-ring (bicyclic) bond motifs is 1. The number of hydrogen-bond acceptors (Lipinski definition) is 5. The van der Waals surface area contributed by atoms with Crippen molar-refractivity contribution in [1.29, 1.82) is 0 Å². The molecule has 0 saturated heterocycles. The molecular weight excluding hydrogens is 594 g/mol. The van der Waals surface area contributed by atoms with Crippen molar-refractivity contribution < 1.29 is 32.3 Å². The van der Waals surface area contributed by atoms with E-state index in [0.717, 1.165) is 50.8 Å². The molecule has 1 saturated carbocycles. The maximum absolute atomic E-state index is 14.2. The van der Waals surface area contributed by atoms with Crippen molar-refractivity contribution in [1.82, 2.24) is 4.72 Å². The Hall–Kier alpha value is -3.31. The summed E-state index contributed by atoms with van der Waals surface area (Å²) in [6.07, 6.45) is 7.23. The molecule has 0 bridgehead atoms. The Labute approximate surface area is 262 Å². The second kappa shape index (κ2) is 18.5. The number of aryl methyl sites for hydroxylation is 1. The summed E-state index contributed by atoms with van der Waals surface area (Å²) in [6, 6.07) is 8.88. The van der Waals surface area contributed by atoms with Crippen LogP contribution in [0.4, 0.5) is 28.9 Å². The summed E-state index contributed by atoms with van der Waals surface area (Å²) in [5, 5.41) is 12.9. The highest BCUT2D eigenvalue weighted by atomic mass is 32.1. The van der Waals surface area contributed by atoms with Gasteiger partial charge in [0.15, 0.2) is 0 Å². The smallest absolute Gasteiger partial charge is 0.416 e. The van der Waals surface area contributed by atoms with Crippen LogP contribution < -0.4 is 15.4 Å². The molecule has 2 aromatic rings. The predicted molar refractivity (Wildman–Crippen MR) is 172 cm³/mol. The van der Waals surface area contributed by atoms with E-state index in [9.17, 15) is 22.4 Å². The highest BCUT2D eigenvalue weighted by molar-refractivity contribution is 7.78. The molecule has 6 nitrogen and oxygen atoms in total. The molecule has 1 aliphatic heterocycles. The van der Waals surface area contributed by atoms with Crippen molar-refractivity contribution in [3.63, 3.8) is 0 Å². The van der Waals surface area contributed by atoms with Gasteiger partial charge in [-0.15, -0.1) is 0 Å². The quantitative estimate of drug-likeness (QED) is 0.132. The minimum Gasteiger partial charge on any atom is -0.483 e. The first-order valence-electron chi connectivity index (χ1n) is 14.9. The van der Waals surface area contributed by atoms with Crippen LogP contribution in [0.3, 0.4) is 0 Å². The number of allylic oxidation sites excluding steroid dienone is 4. The minimum atomic E-state index is -4.63. The van der Waals surface area contributed by atoms with Gasteiger partial charge in [0.2, 0.25) is 5.91 Å². The van der Waals surface area contributed by atoms with Crippen LogP contribution in [0.25, 0.3) is 5.57 Å². The molecule has 2 unspecified atom stereocenters. The number of rotatable bonds is 4. The fourth-order valence-corrected chi connectivity index (χ4v) is 5.69. The van der Waals surface area contributed by atoms with Gasteiger partial charge in [0, 0.05) is 18.2 Å². The van der Waals surface area contributed by atoms with E-state index >= 15 is 0 Å². The molecule has 4 N–H and O–H groups in total. The maximum atomic E-state index is 14.2. The Kier molecular flexibility index (Phi) is 15.5. The van der Waals surface area contributed by atoms with E-state index in [2.05, 4.69) is 58.5 Å². The van der Waals surface area contributed by atoms with Crippen molar-refractivity contribution >= 4 is 42.1 Å². The van der Waals surface area contributed by atoms with Gasteiger partial charge < -0.3 is 15.7 Å². The first-order valence-corrected chi connectivity index (χ1v) is 15.4. The van der Waals surface area contributed by atoms with Gasteiger partial charge in [-0.2, -0.15) is 13.2 Å². The van der Waals surface area contributed by atoms with Gasteiger partial charge in [0.25, 0.3) is 6.47 Å². The van der Waals surface area contributed by atoms with E-state index in [0.29, 0.717) is 18.9 Å². The van der Waals surface area contributed by atoms with Crippen molar-refractivity contribution in [2.24, 2.45) is 11.8 Å². The van der Waals surface area contributed by atoms with Gasteiger partial charge in [-0.25, -0.2) is 4.39 Å². The number of thiol groups is 1. The number of carboxylic acid groups (broad SMARTS) is 1. The summed E-state index contributed by atoms with van der Waals surface area (Å²) in [6.45, 7) is 4.77. The maximum Gasteiger partial charge on any atom is 0.416 e. The number of carbonyl (C=O) groups is 2. The van der Waals surface area contributed by atoms with Crippen LogP contribution in [0.2, 0.25) is 0 Å². The zero-order chi connectivity index (χ0) is 32.7. The lowest BCUT2D eigenvalue weighted by atomic mass is 9.74. The number of alkyl halides is 3. The summed E-state index contributed by atoms with van der Waals surface area (Å²) >= 11 is 3.54. The molecular formula is C33H43F4N3O3S. The summed E-state index contributed by atoms with van der Waals surface area (Å²) in [5.41, 5.74) is 5.24. The number of benzene rings is 2. The van der Waals surface area contributed by atoms with Gasteiger partial charge in [-0.3, -0.25) is 14.3 Å². The standard InChI is InChI=1S/C29H30F4N2O.C2H6.CH5NS.CH2O2/c30-25-17-24(29(31,32)33)12-13-26(25)35-28(36)23-4-1-3-21(15-23)18-6-8-19(9-7-18)22-11-10-20-5-2-14-34-27(20)16-22;1-2;1-2-3;2-1-3/h6,8,10-13,16-17,21,23,34H,1-5,7,9,14-15H2,(H,35,36);1-2H3;2-3H,1H3;1H,(H,2,3). The molecule has 0 aromatic heterocycles. The van der Waals surface area contributed by atoms with Gasteiger partial charge in [-0.1, -0.05) is 62.9 Å². The summed E-state index contributed by atoms with van der Waals surface area (Å²) < 4.78 is 55.0. The lowest BCUT2D eigenvalue weighted by molar-refractivity contribution is -0.137. The third-order valence-corrected chi connectivity index (χ3v) is 7.72. The molecule has 0 spiro atoms. The normalized spacial score (nSPS) is 18.9. The molecule has 2 atom stereocenters. The van der Waals surface area contributed by atoms with Crippen molar-refractivity contribution in [2.75, 3.05) is 24.2 Å². The highest BCUT2D eigenvalue weighted by Crippen LogP contribution is 2.40. The van der Waals surface area contributed by atoms with Crippen molar-refractivity contribution in [2.45, 2.75) is 71.4 Å². The van der Waals surface area contributed by atoms with Gasteiger partial charge in [0.1, 0.15) is 5.82 Å². The Morgan fingerprint density at radius 2 is 1.75 bits per heavy atom. The molecule has 1 fully saturated rings. The molecule has 5 rings (SSSR count). The van der Waals surface area contributed by atoms with Crippen LogP contribution in [0.15, 0.2) is 54.1 Å². The number of nitrogens with one attached hydrogen (secondary N) is 3. The Morgan fingerprint density at radius 3 is 2.36 bits per heavy atom. The zero-order valence-electron chi connectivity index (χ0n) is 25.4. The molecule has 2 aromatic carbocycles. The fourth-order valence-electron chi connectivity index (χ4n) is 5.69. The highest BCUT2D eigenvalue weighted by Gasteiger charge is 2.33. The lowest BCUT2D eigenvalue weighted by Gasteiger charge is -2.31. The number of halogens is 4. The largest absolute Gasteiger partial charge is 0.483 e. The SMILES string of the molecule is CC.CNS.O=C(Nc1ccc(C(F)(F)F)cc1F)C1CCCC(C2=CC=C(c3ccc4c(c3)NCCC4)CC2)C1.O=CO. The molecule has 1 amide bonds. The van der Waals surface area contributed by atoms with Crippen LogP contribution in [0.1, 0.15) is 75.5 Å². The number of carbonyl (C=O) groups excluding carboxylic acids is 1. The third-order valence-electron chi connectivity index (χ3n) is 7.72. The molecule has 0 radical (unpaired) electrons. The fraction of sp³-hybridized carbons (Fsp3) is 0.455. The van der Waals surface area contributed by atoms with E-state index in [4.69, 9.17) is 9.90 Å². The van der Waals surface area contributed by atoms with E-state index in [-0.39, 0.29) is 29.9 Å². The predicted octanol–water partition coefficient (Wildman–Crippen LogP) is 8.53. The third kappa shape index (κ3) is 10.7. The van der Waals surface area contributed by atoms with Crippen LogP contribution in [-0.4, -0.2) is 31.1 Å². The average Bonchev–Trinajstić information content (AvgIpc) is 3.03. The number of hydrogen-bond donors (Lipinski definition) is 5. The first-order chi connectivity index (χ1) is 21.1. The molecule has 2 aliphatic carbocycles. The average molecular weight is 638 g/mol. The summed E-state index contributed by atoms with van der Waals surface area (Å²) in [7, 11) is 1.74. The lowest BCUT2D eigenvalue weighted by Crippen LogP contribution is -2.29. The number of amides is 1. The van der Waals surface area contributed by atoms with Gasteiger partial charge in [-0.05, 0) is 98.9 Å². The molecule has 44 heavy (non-hydrogen) atoms. The topological polar surface area (TPSA) is 90.5 Å². The Morgan fingerprint density at radius 1 is 1.05 bits per heavy atom. The molecule has 242 valence electrons. The van der Waals surface area contributed by atoms with E-state index in [1.165, 1.54) is 34.4 Å². The van der Waals surface area contributed by atoms with E-state index in [1.807, 2.05) is 13.8 Å². The van der Waals surface area contributed by atoms with Crippen LogP contribution in [0.5, 0.6) is 0 Å². The van der Waals surface area contributed by atoms with Crippen molar-refractivity contribution in [3.8, 4) is 0 Å². The summed E-state index contributed by atoms with van der Waals surface area (Å²) in [4.78, 5) is 21.2. The molecule has 11 heteroatoms. The Bertz CT molecular complexity index is 1300. The monoisotopic (exact) mass is 637 g/mol. The number of anilines is 2. The van der Waals surface area contributed by atoms with Crippen molar-refractivity contribution in [3.05, 3.63) is 76.6 Å². The minimum absolute atomic E-state index is 0.209. The molecule has 1 heterocycles. The van der Waals surface area contributed by atoms with Crippen LogP contribution in [0, 0.1) is 17.7 Å². The van der Waals surface area contributed by atoms with Gasteiger partial charge in [0.05, 0.1) is 11.3 Å². The molecule has 3 aliphatic rings. The van der Waals surface area contributed by atoms with E-state index < -0.39 is 17.6 Å². The summed E-state index contributed by atoms with van der Waals surface area (Å²) in [5.74, 6) is -1.40. The Balaban J connectivity index is 0.000000768. The second-order valence-electron chi connectivity index (χ2n) is 10.4. The van der Waals surface area contributed by atoms with Gasteiger partial charge >= 0.3 is 6.18 Å². The van der Waals surface area contributed by atoms with Crippen LogP contribution >= 0.6 is 12.8 Å². The van der Waals surface area contributed by atoms with Crippen LogP contribution in [-0.2, 0) is 22.2 Å².